The Morgan fingerprint density at radius 2 is 2.00 bits per heavy atom. The molecule has 0 amide bonds. The van der Waals surface area contributed by atoms with Crippen LogP contribution in [0.2, 0.25) is 0 Å². The molecule has 0 bridgehead atoms. The molecule has 1 heterocycles. The van der Waals surface area contributed by atoms with Gasteiger partial charge in [-0.2, -0.15) is 5.10 Å². The maximum Gasteiger partial charge on any atom is 0.100 e. The van der Waals surface area contributed by atoms with Crippen LogP contribution < -0.4 is 0 Å². The van der Waals surface area contributed by atoms with Crippen molar-refractivity contribution in [3.63, 3.8) is 0 Å². The Hall–Kier alpha value is -0.910. The lowest BCUT2D eigenvalue weighted by Crippen LogP contribution is -2.15. The summed E-state index contributed by atoms with van der Waals surface area (Å²) in [5.41, 5.74) is 0. The van der Waals surface area contributed by atoms with Crippen molar-refractivity contribution in [3.8, 4) is 0 Å². The number of nitrogens with zero attached hydrogens (tertiary/aromatic N) is 1. The van der Waals surface area contributed by atoms with Crippen LogP contribution in [0, 0.1) is 0 Å². The second kappa shape index (κ2) is 7.20. The van der Waals surface area contributed by atoms with Crippen LogP contribution in [0.4, 0.5) is 0 Å². The van der Waals surface area contributed by atoms with Crippen LogP contribution in [-0.4, -0.2) is 44.8 Å². The molecule has 5 heteroatoms. The van der Waals surface area contributed by atoms with Crippen LogP contribution in [0.3, 0.4) is 0 Å². The maximum atomic E-state index is 8.17. The number of H-pyrrole nitrogens is 1. The Morgan fingerprint density at radius 3 is 2.09 bits per heavy atom. The largest absolute Gasteiger partial charge is 0.394 e. The lowest BCUT2D eigenvalue weighted by molar-refractivity contribution is 0.0450. The highest BCUT2D eigenvalue weighted by atomic mass is 16.3. The molecular weight excluding hydrogens is 148 g/mol. The molecule has 1 rings (SSSR count). The highest BCUT2D eigenvalue weighted by molar-refractivity contribution is 4.72. The molecule has 11 heavy (non-hydrogen) atoms. The zero-order valence-electron chi connectivity index (χ0n) is 6.01. The van der Waals surface area contributed by atoms with Crippen molar-refractivity contribution in [2.24, 2.45) is 0 Å². The van der Waals surface area contributed by atoms with E-state index >= 15 is 0 Å². The molecule has 1 aromatic heterocycles. The normalized spacial score (nSPS) is 9.09. The van der Waals surface area contributed by atoms with E-state index in [9.17, 15) is 0 Å². The summed E-state index contributed by atoms with van der Waals surface area (Å²) in [6.45, 7) is -0.729. The number of aromatic amines is 1. The summed E-state index contributed by atoms with van der Waals surface area (Å²) in [5, 5.41) is 30.2. The topological polar surface area (TPSA) is 89.4 Å². The Morgan fingerprint density at radius 1 is 1.36 bits per heavy atom. The summed E-state index contributed by atoms with van der Waals surface area (Å²) in [6.07, 6.45) is 2.50. The number of rotatable bonds is 2. The summed E-state index contributed by atoms with van der Waals surface area (Å²) in [4.78, 5) is 0. The number of hydrogen-bond donors (Lipinski definition) is 4. The van der Waals surface area contributed by atoms with Crippen molar-refractivity contribution in [1.29, 1.82) is 0 Å². The maximum absolute atomic E-state index is 8.17. The highest BCUT2D eigenvalue weighted by Crippen LogP contribution is 1.71. The van der Waals surface area contributed by atoms with E-state index < -0.39 is 6.10 Å². The fourth-order valence-electron chi connectivity index (χ4n) is 0.273. The first-order chi connectivity index (χ1) is 5.31. The summed E-state index contributed by atoms with van der Waals surface area (Å²) in [6, 6.07) is 1.83. The molecule has 5 nitrogen and oxygen atoms in total. The third-order valence-corrected chi connectivity index (χ3v) is 0.827. The van der Waals surface area contributed by atoms with E-state index in [1.54, 1.807) is 12.4 Å². The molecule has 0 atom stereocenters. The predicted molar refractivity (Wildman–Crippen MR) is 38.8 cm³/mol. The molecule has 0 radical (unpaired) electrons. The Kier molecular flexibility index (Phi) is 6.60. The average Bonchev–Trinajstić information content (AvgIpc) is 2.60. The van der Waals surface area contributed by atoms with E-state index in [2.05, 4.69) is 10.2 Å². The zero-order valence-corrected chi connectivity index (χ0v) is 6.01. The molecule has 1 aromatic rings. The van der Waals surface area contributed by atoms with E-state index in [1.807, 2.05) is 6.07 Å². The molecule has 0 aliphatic carbocycles. The molecule has 4 N–H and O–H groups in total. The van der Waals surface area contributed by atoms with Gasteiger partial charge in [0.15, 0.2) is 0 Å². The van der Waals surface area contributed by atoms with Gasteiger partial charge in [-0.1, -0.05) is 0 Å². The van der Waals surface area contributed by atoms with Crippen LogP contribution >= 0.6 is 0 Å². The third-order valence-electron chi connectivity index (χ3n) is 0.827. The van der Waals surface area contributed by atoms with Crippen LogP contribution in [0.1, 0.15) is 0 Å². The van der Waals surface area contributed by atoms with Gasteiger partial charge in [-0.25, -0.2) is 0 Å². The van der Waals surface area contributed by atoms with Crippen LogP contribution in [0.15, 0.2) is 18.5 Å². The number of nitrogens with one attached hydrogen (secondary N) is 1. The molecule has 0 spiro atoms. The first kappa shape index (κ1) is 10.1. The molecule has 0 saturated heterocycles. The monoisotopic (exact) mass is 160 g/mol. The Bertz CT molecular complexity index is 122. The van der Waals surface area contributed by atoms with Gasteiger partial charge in [0.05, 0.1) is 13.2 Å². The van der Waals surface area contributed by atoms with Crippen molar-refractivity contribution in [1.82, 2.24) is 10.2 Å². The second-order valence-electron chi connectivity index (χ2n) is 1.79. The van der Waals surface area contributed by atoms with E-state index in [0.717, 1.165) is 0 Å². The molecule has 0 unspecified atom stereocenters. The molecule has 0 saturated carbocycles. The Labute approximate surface area is 64.3 Å². The summed E-state index contributed by atoms with van der Waals surface area (Å²) in [7, 11) is 0. The highest BCUT2D eigenvalue weighted by Gasteiger charge is 1.93. The van der Waals surface area contributed by atoms with E-state index in [-0.39, 0.29) is 13.2 Å². The lowest BCUT2D eigenvalue weighted by Gasteiger charge is -1.96. The fraction of sp³-hybridized carbons (Fsp3) is 0.500. The van der Waals surface area contributed by atoms with Gasteiger partial charge in [-0.05, 0) is 6.07 Å². The zero-order chi connectivity index (χ0) is 8.53. The minimum atomic E-state index is -0.954. The van der Waals surface area contributed by atoms with Crippen molar-refractivity contribution in [2.75, 3.05) is 13.2 Å². The minimum Gasteiger partial charge on any atom is -0.394 e. The number of aliphatic hydroxyl groups is 3. The van der Waals surface area contributed by atoms with Crippen molar-refractivity contribution in [3.05, 3.63) is 18.5 Å². The van der Waals surface area contributed by atoms with Gasteiger partial charge in [0, 0.05) is 12.4 Å². The fourth-order valence-corrected chi connectivity index (χ4v) is 0.273. The second-order valence-corrected chi connectivity index (χ2v) is 1.79. The number of aliphatic hydroxyl groups excluding tert-OH is 3. The van der Waals surface area contributed by atoms with Crippen LogP contribution in [-0.2, 0) is 0 Å². The molecule has 0 fully saturated rings. The number of hydrogen-bond acceptors (Lipinski definition) is 4. The molecule has 64 valence electrons. The quantitative estimate of drug-likeness (QED) is 0.435. The van der Waals surface area contributed by atoms with Crippen LogP contribution in [0.25, 0.3) is 0 Å². The number of aromatic nitrogens is 2. The first-order valence-electron chi connectivity index (χ1n) is 3.14. The minimum absolute atomic E-state index is 0.365. The summed E-state index contributed by atoms with van der Waals surface area (Å²) >= 11 is 0. The van der Waals surface area contributed by atoms with Gasteiger partial charge in [-0.15, -0.1) is 0 Å². The molecule has 0 aromatic carbocycles. The average molecular weight is 160 g/mol. The smallest absolute Gasteiger partial charge is 0.100 e. The third kappa shape index (κ3) is 6.98. The van der Waals surface area contributed by atoms with Gasteiger partial charge in [0.2, 0.25) is 0 Å². The molecular formula is C6H12N2O3. The van der Waals surface area contributed by atoms with Gasteiger partial charge in [0.1, 0.15) is 6.10 Å². The summed E-state index contributed by atoms with van der Waals surface area (Å²) in [5.74, 6) is 0. The van der Waals surface area contributed by atoms with Gasteiger partial charge < -0.3 is 15.3 Å². The van der Waals surface area contributed by atoms with Crippen molar-refractivity contribution in [2.45, 2.75) is 6.10 Å². The van der Waals surface area contributed by atoms with Gasteiger partial charge in [-0.3, -0.25) is 5.10 Å². The predicted octanol–water partition coefficient (Wildman–Crippen LogP) is -1.26. The molecule has 0 aliphatic rings. The van der Waals surface area contributed by atoms with Crippen molar-refractivity contribution >= 4 is 0 Å². The summed E-state index contributed by atoms with van der Waals surface area (Å²) < 4.78 is 0. The van der Waals surface area contributed by atoms with Crippen LogP contribution in [0.5, 0.6) is 0 Å². The van der Waals surface area contributed by atoms with Gasteiger partial charge >= 0.3 is 0 Å². The van der Waals surface area contributed by atoms with Crippen molar-refractivity contribution < 1.29 is 15.3 Å². The van der Waals surface area contributed by atoms with E-state index in [4.69, 9.17) is 15.3 Å². The first-order valence-corrected chi connectivity index (χ1v) is 3.14. The SMILES string of the molecule is OCC(O)CO.c1cn[nH]c1. The standard InChI is InChI=1S/C3H4N2.C3H8O3/c1-2-4-5-3-1;4-1-3(6)2-5/h1-3H,(H,4,5);3-6H,1-2H2. The van der Waals surface area contributed by atoms with E-state index in [1.165, 1.54) is 0 Å². The Balaban J connectivity index is 0.000000183. The molecule has 0 aliphatic heterocycles. The lowest BCUT2D eigenvalue weighted by atomic mass is 10.4. The van der Waals surface area contributed by atoms with E-state index in [0.29, 0.717) is 0 Å². The van der Waals surface area contributed by atoms with Gasteiger partial charge in [0.25, 0.3) is 0 Å².